The Hall–Kier alpha value is -2.69. The first-order chi connectivity index (χ1) is 13.1. The Labute approximate surface area is 167 Å². The van der Waals surface area contributed by atoms with Gasteiger partial charge >= 0.3 is 0 Å². The molecule has 0 saturated carbocycles. The summed E-state index contributed by atoms with van der Waals surface area (Å²) in [5, 5.41) is 7.72. The minimum Gasteiger partial charge on any atom is -0.351 e. The number of carbonyl (C=O) groups excluding carboxylic acids is 1. The molecule has 148 valence electrons. The van der Waals surface area contributed by atoms with E-state index < -0.39 is 0 Å². The molecule has 5 heteroatoms. The minimum absolute atomic E-state index is 0.120. The predicted molar refractivity (Wildman–Crippen MR) is 114 cm³/mol. The molecule has 1 aromatic carbocycles. The van der Waals surface area contributed by atoms with Crippen LogP contribution in [0.25, 0.3) is 16.9 Å². The molecule has 2 aromatic heterocycles. The van der Waals surface area contributed by atoms with E-state index in [9.17, 15) is 4.79 Å². The molecule has 0 fully saturated rings. The van der Waals surface area contributed by atoms with Gasteiger partial charge in [-0.15, -0.1) is 0 Å². The van der Waals surface area contributed by atoms with E-state index in [0.29, 0.717) is 23.8 Å². The molecule has 3 aromatic rings. The molecule has 3 rings (SSSR count). The molecule has 0 saturated heterocycles. The number of fused-ring (bicyclic) bond motifs is 1. The zero-order valence-electron chi connectivity index (χ0n) is 17.7. The maximum atomic E-state index is 12.9. The van der Waals surface area contributed by atoms with E-state index in [1.54, 1.807) is 4.52 Å². The van der Waals surface area contributed by atoms with Crippen LogP contribution in [-0.4, -0.2) is 27.0 Å². The van der Waals surface area contributed by atoms with Crippen LogP contribution >= 0.6 is 0 Å². The number of hydrogen-bond acceptors (Lipinski definition) is 3. The van der Waals surface area contributed by atoms with Crippen LogP contribution in [0.1, 0.15) is 62.8 Å². The number of nitrogens with zero attached hydrogens (tertiary/aromatic N) is 3. The van der Waals surface area contributed by atoms with Crippen molar-refractivity contribution in [3.05, 3.63) is 53.3 Å². The molecule has 5 nitrogen and oxygen atoms in total. The van der Waals surface area contributed by atoms with E-state index in [1.165, 1.54) is 5.56 Å². The molecule has 0 aliphatic rings. The highest BCUT2D eigenvalue weighted by Crippen LogP contribution is 2.25. The molecule has 2 heterocycles. The summed E-state index contributed by atoms with van der Waals surface area (Å²) in [6.07, 6.45) is 0.942. The van der Waals surface area contributed by atoms with Crippen LogP contribution in [0.4, 0.5) is 0 Å². The lowest BCUT2D eigenvalue weighted by atomic mass is 9.93. The predicted octanol–water partition coefficient (Wildman–Crippen LogP) is 4.78. The molecule has 1 amide bonds. The third-order valence-corrected chi connectivity index (χ3v) is 4.78. The smallest absolute Gasteiger partial charge is 0.270 e. The second-order valence-electron chi connectivity index (χ2n) is 8.88. The summed E-state index contributed by atoms with van der Waals surface area (Å²) in [4.78, 5) is 17.7. The standard InChI is InChI=1S/C23H30N4O/c1-15(2)11-12-24-22(28)19-13-18(17-9-7-16(3)8-10-17)25-21-14-20(23(4,5)6)26-27(19)21/h7-10,13-15H,11-12H2,1-6H3,(H,24,28). The Morgan fingerprint density at radius 2 is 1.82 bits per heavy atom. The third-order valence-electron chi connectivity index (χ3n) is 4.78. The molecule has 0 unspecified atom stereocenters. The zero-order chi connectivity index (χ0) is 20.5. The minimum atomic E-state index is -0.122. The number of rotatable bonds is 5. The molecular formula is C23H30N4O. The van der Waals surface area contributed by atoms with E-state index in [1.807, 2.05) is 24.3 Å². The summed E-state index contributed by atoms with van der Waals surface area (Å²) in [6.45, 7) is 13.3. The number of aryl methyl sites for hydroxylation is 1. The van der Waals surface area contributed by atoms with Crippen LogP contribution < -0.4 is 5.32 Å². The molecule has 0 bridgehead atoms. The largest absolute Gasteiger partial charge is 0.351 e. The lowest BCUT2D eigenvalue weighted by molar-refractivity contribution is 0.0944. The van der Waals surface area contributed by atoms with Crippen molar-refractivity contribution < 1.29 is 4.79 Å². The highest BCUT2D eigenvalue weighted by atomic mass is 16.1. The van der Waals surface area contributed by atoms with Crippen molar-refractivity contribution in [1.29, 1.82) is 0 Å². The van der Waals surface area contributed by atoms with Crippen molar-refractivity contribution in [3.8, 4) is 11.3 Å². The highest BCUT2D eigenvalue weighted by Gasteiger charge is 2.22. The summed E-state index contributed by atoms with van der Waals surface area (Å²) >= 11 is 0. The number of aromatic nitrogens is 3. The molecule has 0 radical (unpaired) electrons. The van der Waals surface area contributed by atoms with Crippen molar-refractivity contribution in [2.24, 2.45) is 5.92 Å². The number of benzene rings is 1. The van der Waals surface area contributed by atoms with Gasteiger partial charge in [-0.05, 0) is 25.3 Å². The first-order valence-corrected chi connectivity index (χ1v) is 9.91. The average Bonchev–Trinajstić information content (AvgIpc) is 3.05. The second kappa shape index (κ2) is 7.74. The fourth-order valence-corrected chi connectivity index (χ4v) is 2.94. The van der Waals surface area contributed by atoms with E-state index in [4.69, 9.17) is 10.1 Å². The van der Waals surface area contributed by atoms with Gasteiger partial charge in [-0.2, -0.15) is 5.10 Å². The van der Waals surface area contributed by atoms with Crippen molar-refractivity contribution in [2.75, 3.05) is 6.54 Å². The molecule has 0 atom stereocenters. The van der Waals surface area contributed by atoms with Gasteiger partial charge in [-0.1, -0.05) is 64.4 Å². The molecule has 1 N–H and O–H groups in total. The molecule has 28 heavy (non-hydrogen) atoms. The molecule has 0 aliphatic carbocycles. The third kappa shape index (κ3) is 4.41. The fourth-order valence-electron chi connectivity index (χ4n) is 2.94. The van der Waals surface area contributed by atoms with Gasteiger partial charge in [0, 0.05) is 23.6 Å². The van der Waals surface area contributed by atoms with Crippen molar-refractivity contribution in [1.82, 2.24) is 19.9 Å². The van der Waals surface area contributed by atoms with E-state index >= 15 is 0 Å². The first kappa shape index (κ1) is 20.1. The Bertz CT molecular complexity index is 978. The van der Waals surface area contributed by atoms with Crippen molar-refractivity contribution >= 4 is 11.6 Å². The molecular weight excluding hydrogens is 348 g/mol. The van der Waals surface area contributed by atoms with E-state index in [2.05, 4.69) is 59.0 Å². The van der Waals surface area contributed by atoms with Gasteiger partial charge in [0.15, 0.2) is 5.65 Å². The number of carbonyl (C=O) groups is 1. The maximum absolute atomic E-state index is 12.9. The number of amides is 1. The number of hydrogen-bond donors (Lipinski definition) is 1. The van der Waals surface area contributed by atoms with E-state index in [0.717, 1.165) is 23.4 Å². The van der Waals surface area contributed by atoms with Crippen LogP contribution in [0.2, 0.25) is 0 Å². The van der Waals surface area contributed by atoms with Crippen LogP contribution in [0.5, 0.6) is 0 Å². The second-order valence-corrected chi connectivity index (χ2v) is 8.88. The molecule has 0 aliphatic heterocycles. The summed E-state index contributed by atoms with van der Waals surface area (Å²) < 4.78 is 1.67. The fraction of sp³-hybridized carbons (Fsp3) is 0.435. The van der Waals surface area contributed by atoms with Gasteiger partial charge in [0.1, 0.15) is 5.69 Å². The maximum Gasteiger partial charge on any atom is 0.270 e. The van der Waals surface area contributed by atoms with Crippen LogP contribution in [-0.2, 0) is 5.41 Å². The van der Waals surface area contributed by atoms with Gasteiger partial charge in [-0.3, -0.25) is 4.79 Å². The summed E-state index contributed by atoms with van der Waals surface area (Å²) in [6, 6.07) is 12.0. The van der Waals surface area contributed by atoms with Gasteiger partial charge in [-0.25, -0.2) is 9.50 Å². The number of nitrogens with one attached hydrogen (secondary N) is 1. The van der Waals surface area contributed by atoms with Crippen molar-refractivity contribution in [3.63, 3.8) is 0 Å². The lowest BCUT2D eigenvalue weighted by Gasteiger charge is -2.13. The Balaban J connectivity index is 2.08. The SMILES string of the molecule is Cc1ccc(-c2cc(C(=O)NCCC(C)C)n3nc(C(C)(C)C)cc3n2)cc1. The molecule has 0 spiro atoms. The van der Waals surface area contributed by atoms with Gasteiger partial charge in [0.2, 0.25) is 0 Å². The van der Waals surface area contributed by atoms with Crippen LogP contribution in [0.15, 0.2) is 36.4 Å². The monoisotopic (exact) mass is 378 g/mol. The highest BCUT2D eigenvalue weighted by molar-refractivity contribution is 5.94. The van der Waals surface area contributed by atoms with Crippen LogP contribution in [0, 0.1) is 12.8 Å². The lowest BCUT2D eigenvalue weighted by Crippen LogP contribution is -2.28. The Morgan fingerprint density at radius 3 is 2.43 bits per heavy atom. The van der Waals surface area contributed by atoms with Gasteiger partial charge in [0.05, 0.1) is 11.4 Å². The van der Waals surface area contributed by atoms with Crippen LogP contribution in [0.3, 0.4) is 0 Å². The first-order valence-electron chi connectivity index (χ1n) is 9.91. The summed E-state index contributed by atoms with van der Waals surface area (Å²) in [5.41, 5.74) is 4.96. The topological polar surface area (TPSA) is 59.3 Å². The van der Waals surface area contributed by atoms with E-state index in [-0.39, 0.29) is 11.3 Å². The van der Waals surface area contributed by atoms with Gasteiger partial charge in [0.25, 0.3) is 5.91 Å². The average molecular weight is 379 g/mol. The summed E-state index contributed by atoms with van der Waals surface area (Å²) in [5.74, 6) is 0.419. The summed E-state index contributed by atoms with van der Waals surface area (Å²) in [7, 11) is 0. The quantitative estimate of drug-likeness (QED) is 0.695. The van der Waals surface area contributed by atoms with Gasteiger partial charge < -0.3 is 5.32 Å². The van der Waals surface area contributed by atoms with Crippen molar-refractivity contribution in [2.45, 2.75) is 53.4 Å². The Kier molecular flexibility index (Phi) is 5.54. The Morgan fingerprint density at radius 1 is 1.14 bits per heavy atom. The zero-order valence-corrected chi connectivity index (χ0v) is 17.7. The normalized spacial score (nSPS) is 12.0.